The summed E-state index contributed by atoms with van der Waals surface area (Å²) in [4.78, 5) is 19.3. The van der Waals surface area contributed by atoms with Gasteiger partial charge >= 0.3 is 6.09 Å². The molecule has 2 aliphatic rings. The summed E-state index contributed by atoms with van der Waals surface area (Å²) in [5.41, 5.74) is 4.25. The second-order valence-corrected chi connectivity index (χ2v) is 10.0. The number of fused-ring (bicyclic) bond motifs is 1. The van der Waals surface area contributed by atoms with Crippen molar-refractivity contribution >= 4 is 17.7 Å². The Morgan fingerprint density at radius 1 is 1.09 bits per heavy atom. The van der Waals surface area contributed by atoms with Gasteiger partial charge in [0.2, 0.25) is 0 Å². The van der Waals surface area contributed by atoms with Gasteiger partial charge in [0, 0.05) is 34.5 Å². The van der Waals surface area contributed by atoms with Crippen molar-refractivity contribution in [2.24, 2.45) is 5.92 Å². The normalized spacial score (nSPS) is 18.5. The second kappa shape index (κ2) is 8.47. The lowest BCUT2D eigenvalue weighted by atomic mass is 9.93. The fourth-order valence-electron chi connectivity index (χ4n) is 4.39. The molecule has 8 heteroatoms. The molecule has 0 radical (unpaired) electrons. The summed E-state index contributed by atoms with van der Waals surface area (Å²) in [5.74, 6) is 0.262. The van der Waals surface area contributed by atoms with E-state index in [4.69, 9.17) is 26.2 Å². The highest BCUT2D eigenvalue weighted by Crippen LogP contribution is 2.39. The molecule has 0 spiro atoms. The minimum atomic E-state index is -0.572. The maximum atomic E-state index is 13.2. The maximum Gasteiger partial charge on any atom is 0.410 e. The molecule has 1 amide bonds. The first-order valence-electron chi connectivity index (χ1n) is 11.1. The van der Waals surface area contributed by atoms with Gasteiger partial charge in [-0.25, -0.2) is 4.79 Å². The van der Waals surface area contributed by atoms with Gasteiger partial charge in [0.15, 0.2) is 0 Å². The topological polar surface area (TPSA) is 69.5 Å². The average Bonchev–Trinajstić information content (AvgIpc) is 3.10. The summed E-state index contributed by atoms with van der Waals surface area (Å²) in [6.07, 6.45) is 3.24. The van der Waals surface area contributed by atoms with Gasteiger partial charge in [-0.15, -0.1) is 0 Å². The monoisotopic (exact) mass is 466 g/mol. The number of carbonyl (C=O) groups excluding carboxylic acids is 1. The van der Waals surface area contributed by atoms with Gasteiger partial charge in [-0.1, -0.05) is 23.7 Å². The van der Waals surface area contributed by atoms with Crippen LogP contribution in [0.25, 0.3) is 22.4 Å². The molecule has 4 heterocycles. The van der Waals surface area contributed by atoms with E-state index in [1.165, 1.54) is 0 Å². The number of ether oxygens (including phenoxy) is 2. The molecule has 0 aliphatic carbocycles. The van der Waals surface area contributed by atoms with Gasteiger partial charge in [0.05, 0.1) is 38.0 Å². The number of halogens is 1. The molecule has 7 nitrogen and oxygen atoms in total. The van der Waals surface area contributed by atoms with Crippen molar-refractivity contribution in [2.45, 2.75) is 45.5 Å². The molecule has 3 aromatic rings. The number of aromatic nitrogens is 3. The van der Waals surface area contributed by atoms with Crippen molar-refractivity contribution in [1.82, 2.24) is 19.7 Å². The van der Waals surface area contributed by atoms with Crippen LogP contribution >= 0.6 is 11.6 Å². The molecule has 172 valence electrons. The molecule has 0 bridgehead atoms. The minimum Gasteiger partial charge on any atom is -0.444 e. The smallest absolute Gasteiger partial charge is 0.410 e. The number of rotatable bonds is 3. The molecule has 2 aliphatic heterocycles. The van der Waals surface area contributed by atoms with Crippen LogP contribution in [-0.2, 0) is 22.6 Å². The third-order valence-electron chi connectivity index (χ3n) is 6.06. The summed E-state index contributed by atoms with van der Waals surface area (Å²) < 4.78 is 13.3. The number of carbonyl (C=O) groups is 1. The summed E-state index contributed by atoms with van der Waals surface area (Å²) in [7, 11) is 0. The second-order valence-electron chi connectivity index (χ2n) is 9.57. The number of nitrogens with zero attached hydrogens (tertiary/aromatic N) is 4. The summed E-state index contributed by atoms with van der Waals surface area (Å²) >= 11 is 6.14. The zero-order valence-electron chi connectivity index (χ0n) is 19.0. The van der Waals surface area contributed by atoms with Crippen molar-refractivity contribution in [3.8, 4) is 22.4 Å². The van der Waals surface area contributed by atoms with Gasteiger partial charge in [-0.3, -0.25) is 14.6 Å². The summed E-state index contributed by atoms with van der Waals surface area (Å²) in [6, 6.07) is 11.6. The van der Waals surface area contributed by atoms with E-state index in [-0.39, 0.29) is 18.1 Å². The van der Waals surface area contributed by atoms with E-state index in [2.05, 4.69) is 4.98 Å². The van der Waals surface area contributed by atoms with Crippen molar-refractivity contribution in [3.63, 3.8) is 0 Å². The van der Waals surface area contributed by atoms with Crippen LogP contribution in [0.2, 0.25) is 5.02 Å². The van der Waals surface area contributed by atoms with Crippen LogP contribution in [0.3, 0.4) is 0 Å². The zero-order chi connectivity index (χ0) is 23.2. The predicted molar refractivity (Wildman–Crippen MR) is 126 cm³/mol. The predicted octanol–water partition coefficient (Wildman–Crippen LogP) is 5.03. The van der Waals surface area contributed by atoms with E-state index in [1.807, 2.05) is 66.8 Å². The van der Waals surface area contributed by atoms with Crippen molar-refractivity contribution in [3.05, 3.63) is 59.5 Å². The van der Waals surface area contributed by atoms with Crippen LogP contribution in [-0.4, -0.2) is 50.6 Å². The van der Waals surface area contributed by atoms with E-state index in [1.54, 1.807) is 12.4 Å². The Hall–Kier alpha value is -2.90. The molecular weight excluding hydrogens is 440 g/mol. The molecule has 0 saturated carbocycles. The van der Waals surface area contributed by atoms with Crippen molar-refractivity contribution < 1.29 is 14.3 Å². The molecule has 2 aromatic heterocycles. The fourth-order valence-corrected chi connectivity index (χ4v) is 4.52. The Labute approximate surface area is 198 Å². The highest BCUT2D eigenvalue weighted by molar-refractivity contribution is 6.30. The molecular formula is C25H27ClN4O3. The molecule has 5 rings (SSSR count). The first-order chi connectivity index (χ1) is 15.8. The summed E-state index contributed by atoms with van der Waals surface area (Å²) in [5, 5.41) is 5.70. The van der Waals surface area contributed by atoms with E-state index < -0.39 is 5.60 Å². The molecule has 1 saturated heterocycles. The molecule has 1 fully saturated rings. The molecule has 0 N–H and O–H groups in total. The number of hydrogen-bond acceptors (Lipinski definition) is 5. The highest BCUT2D eigenvalue weighted by Gasteiger charge is 2.42. The largest absolute Gasteiger partial charge is 0.444 e. The van der Waals surface area contributed by atoms with Crippen LogP contribution < -0.4 is 0 Å². The van der Waals surface area contributed by atoms with Crippen molar-refractivity contribution in [2.75, 3.05) is 13.2 Å². The number of amides is 1. The Morgan fingerprint density at radius 3 is 2.39 bits per heavy atom. The van der Waals surface area contributed by atoms with Crippen LogP contribution in [0, 0.1) is 5.92 Å². The van der Waals surface area contributed by atoms with Gasteiger partial charge in [-0.2, -0.15) is 5.10 Å². The quantitative estimate of drug-likeness (QED) is 0.541. The first kappa shape index (κ1) is 21.9. The lowest BCUT2D eigenvalue weighted by Gasteiger charge is -2.43. The first-order valence-corrected chi connectivity index (χ1v) is 11.5. The van der Waals surface area contributed by atoms with Crippen LogP contribution in [0.1, 0.15) is 26.5 Å². The Balaban J connectivity index is 1.62. The Bertz CT molecular complexity index is 1150. The number of pyridine rings is 1. The minimum absolute atomic E-state index is 0.0376. The third-order valence-corrected chi connectivity index (χ3v) is 6.31. The average molecular weight is 467 g/mol. The van der Waals surface area contributed by atoms with Crippen molar-refractivity contribution in [1.29, 1.82) is 0 Å². The zero-order valence-corrected chi connectivity index (χ0v) is 19.7. The third kappa shape index (κ3) is 4.35. The van der Waals surface area contributed by atoms with E-state index >= 15 is 0 Å². The Morgan fingerprint density at radius 2 is 1.79 bits per heavy atom. The van der Waals surface area contributed by atoms with Gasteiger partial charge in [0.1, 0.15) is 11.3 Å². The van der Waals surface area contributed by atoms with E-state index in [9.17, 15) is 4.79 Å². The van der Waals surface area contributed by atoms with Gasteiger partial charge < -0.3 is 9.47 Å². The van der Waals surface area contributed by atoms with Crippen LogP contribution in [0.5, 0.6) is 0 Å². The van der Waals surface area contributed by atoms with E-state index in [0.717, 1.165) is 28.1 Å². The fraction of sp³-hybridized carbons (Fsp3) is 0.400. The number of benzene rings is 1. The van der Waals surface area contributed by atoms with E-state index in [0.29, 0.717) is 31.3 Å². The standard InChI is InChI=1S/C25H27ClN4O3/c1-25(2,3)33-24(31)29-12-21-22(16-8-10-27-11-9-16)23(17-4-6-19(26)7-5-17)28-30(21)13-20(29)18-14-32-15-18/h4-11,18,20H,12-15H2,1-3H3. The highest BCUT2D eigenvalue weighted by atomic mass is 35.5. The SMILES string of the molecule is CC(C)(C)OC(=O)N1Cc2c(-c3ccncc3)c(-c3ccc(Cl)cc3)nn2CC1C1COC1. The molecule has 1 aromatic carbocycles. The van der Waals surface area contributed by atoms with Crippen LogP contribution in [0.15, 0.2) is 48.8 Å². The Kier molecular flexibility index (Phi) is 5.62. The number of hydrogen-bond donors (Lipinski definition) is 0. The molecule has 1 atom stereocenters. The van der Waals surface area contributed by atoms with Gasteiger partial charge in [0.25, 0.3) is 0 Å². The lowest BCUT2D eigenvalue weighted by Crippen LogP contribution is -2.55. The van der Waals surface area contributed by atoms with Gasteiger partial charge in [-0.05, 0) is 50.6 Å². The molecule has 33 heavy (non-hydrogen) atoms. The summed E-state index contributed by atoms with van der Waals surface area (Å²) in [6.45, 7) is 7.96. The van der Waals surface area contributed by atoms with Crippen LogP contribution in [0.4, 0.5) is 4.79 Å². The maximum absolute atomic E-state index is 13.2. The molecule has 1 unspecified atom stereocenters. The lowest BCUT2D eigenvalue weighted by molar-refractivity contribution is -0.0872.